The summed E-state index contributed by atoms with van der Waals surface area (Å²) in [4.78, 5) is 21.3. The molecule has 3 rings (SSSR count). The highest BCUT2D eigenvalue weighted by atomic mass is 32.2. The van der Waals surface area contributed by atoms with E-state index in [0.29, 0.717) is 11.4 Å². The molecular formula is C17H14N4OS. The average Bonchev–Trinajstić information content (AvgIpc) is 2.62. The molecule has 114 valence electrons. The topological polar surface area (TPSA) is 66.9 Å². The Kier molecular flexibility index (Phi) is 4.85. The van der Waals surface area contributed by atoms with E-state index in [1.165, 1.54) is 24.3 Å². The maximum Gasteiger partial charge on any atom is 0.256 e. The fraction of sp³-hybridized carbons (Fsp3) is 0. The lowest BCUT2D eigenvalue weighted by atomic mass is 10.2. The van der Waals surface area contributed by atoms with Gasteiger partial charge in [0.25, 0.3) is 5.91 Å². The van der Waals surface area contributed by atoms with Gasteiger partial charge in [-0.2, -0.15) is 0 Å². The number of aromatic nitrogens is 2. The molecule has 0 aliphatic rings. The molecule has 2 aromatic carbocycles. The van der Waals surface area contributed by atoms with Gasteiger partial charge in [0.2, 0.25) is 0 Å². The molecule has 0 unspecified atom stereocenters. The summed E-state index contributed by atoms with van der Waals surface area (Å²) in [7, 11) is 0. The number of carbonyl (C=O) groups excluding carboxylic acids is 1. The van der Waals surface area contributed by atoms with E-state index in [1.54, 1.807) is 18.3 Å². The summed E-state index contributed by atoms with van der Waals surface area (Å²) in [6.07, 6.45) is 4.59. The highest BCUT2D eigenvalue weighted by Crippen LogP contribution is 2.21. The van der Waals surface area contributed by atoms with Crippen molar-refractivity contribution in [1.82, 2.24) is 9.97 Å². The van der Waals surface area contributed by atoms with Crippen molar-refractivity contribution in [3.63, 3.8) is 0 Å². The van der Waals surface area contributed by atoms with Gasteiger partial charge in [0.05, 0.1) is 6.20 Å². The second-order valence-corrected chi connectivity index (χ2v) is 5.52. The summed E-state index contributed by atoms with van der Waals surface area (Å²) in [6.45, 7) is 0. The molecule has 0 saturated heterocycles. The number of amides is 1. The molecule has 0 radical (unpaired) electrons. The van der Waals surface area contributed by atoms with Crippen molar-refractivity contribution in [3.8, 4) is 0 Å². The van der Waals surface area contributed by atoms with Gasteiger partial charge in [-0.25, -0.2) is 4.98 Å². The van der Waals surface area contributed by atoms with Gasteiger partial charge in [-0.05, 0) is 42.3 Å². The van der Waals surface area contributed by atoms with E-state index in [-0.39, 0.29) is 5.91 Å². The summed E-state index contributed by atoms with van der Waals surface area (Å²) >= 11 is 1.49. The first-order chi connectivity index (χ1) is 11.3. The zero-order valence-electron chi connectivity index (χ0n) is 12.1. The quantitative estimate of drug-likeness (QED) is 0.698. The van der Waals surface area contributed by atoms with Crippen LogP contribution < -0.4 is 10.0 Å². The van der Waals surface area contributed by atoms with E-state index in [9.17, 15) is 4.79 Å². The van der Waals surface area contributed by atoms with Gasteiger partial charge in [0, 0.05) is 28.5 Å². The van der Waals surface area contributed by atoms with Crippen LogP contribution >= 0.6 is 11.9 Å². The third-order valence-corrected chi connectivity index (χ3v) is 3.81. The zero-order chi connectivity index (χ0) is 15.9. The van der Waals surface area contributed by atoms with Crippen LogP contribution in [0.25, 0.3) is 0 Å². The lowest BCUT2D eigenvalue weighted by molar-refractivity contribution is 0.102. The third kappa shape index (κ3) is 4.31. The minimum atomic E-state index is -0.223. The van der Waals surface area contributed by atoms with Crippen LogP contribution in [0.4, 0.5) is 11.5 Å². The largest absolute Gasteiger partial charge is 0.326 e. The van der Waals surface area contributed by atoms with Crippen LogP contribution in [0.5, 0.6) is 0 Å². The highest BCUT2D eigenvalue weighted by molar-refractivity contribution is 8.00. The first kappa shape index (κ1) is 15.1. The predicted octanol–water partition coefficient (Wildman–Crippen LogP) is 3.85. The average molecular weight is 322 g/mol. The Hall–Kier alpha value is -2.86. The van der Waals surface area contributed by atoms with E-state index in [2.05, 4.69) is 20.0 Å². The maximum absolute atomic E-state index is 12.2. The number of nitrogens with zero attached hydrogens (tertiary/aromatic N) is 2. The Bertz CT molecular complexity index is 781. The number of rotatable bonds is 5. The zero-order valence-corrected chi connectivity index (χ0v) is 13.0. The van der Waals surface area contributed by atoms with Crippen LogP contribution in [0.2, 0.25) is 0 Å². The molecule has 0 atom stereocenters. The Morgan fingerprint density at radius 3 is 2.65 bits per heavy atom. The fourth-order valence-corrected chi connectivity index (χ4v) is 2.54. The van der Waals surface area contributed by atoms with Crippen molar-refractivity contribution in [2.24, 2.45) is 0 Å². The van der Waals surface area contributed by atoms with Gasteiger partial charge >= 0.3 is 0 Å². The van der Waals surface area contributed by atoms with Crippen molar-refractivity contribution >= 4 is 29.4 Å². The normalized spacial score (nSPS) is 10.1. The van der Waals surface area contributed by atoms with Crippen molar-refractivity contribution in [3.05, 3.63) is 78.8 Å². The first-order valence-corrected chi connectivity index (χ1v) is 7.78. The Balaban J connectivity index is 1.66. The molecule has 0 bridgehead atoms. The second-order valence-electron chi connectivity index (χ2n) is 4.64. The minimum Gasteiger partial charge on any atom is -0.326 e. The van der Waals surface area contributed by atoms with E-state index in [4.69, 9.17) is 0 Å². The number of carbonyl (C=O) groups is 1. The second kappa shape index (κ2) is 7.42. The van der Waals surface area contributed by atoms with Crippen molar-refractivity contribution in [1.29, 1.82) is 0 Å². The molecule has 0 aliphatic heterocycles. The number of hydrogen-bond donors (Lipinski definition) is 2. The van der Waals surface area contributed by atoms with Crippen LogP contribution in [0.3, 0.4) is 0 Å². The molecule has 2 N–H and O–H groups in total. The van der Waals surface area contributed by atoms with Gasteiger partial charge in [-0.1, -0.05) is 24.3 Å². The molecule has 1 amide bonds. The summed E-state index contributed by atoms with van der Waals surface area (Å²) < 4.78 is 3.23. The van der Waals surface area contributed by atoms with E-state index >= 15 is 0 Å². The molecule has 23 heavy (non-hydrogen) atoms. The van der Waals surface area contributed by atoms with E-state index in [0.717, 1.165) is 10.6 Å². The predicted molar refractivity (Wildman–Crippen MR) is 92.3 cm³/mol. The smallest absolute Gasteiger partial charge is 0.256 e. The van der Waals surface area contributed by atoms with Crippen LogP contribution in [-0.2, 0) is 0 Å². The van der Waals surface area contributed by atoms with Crippen LogP contribution in [0, 0.1) is 0 Å². The van der Waals surface area contributed by atoms with Crippen LogP contribution in [0.1, 0.15) is 10.4 Å². The number of anilines is 2. The molecule has 5 nitrogen and oxygen atoms in total. The van der Waals surface area contributed by atoms with E-state index in [1.807, 2.05) is 42.5 Å². The molecular weight excluding hydrogens is 308 g/mol. The monoisotopic (exact) mass is 322 g/mol. The lowest BCUT2D eigenvalue weighted by Gasteiger charge is -2.08. The third-order valence-electron chi connectivity index (χ3n) is 2.96. The highest BCUT2D eigenvalue weighted by Gasteiger charge is 2.07. The summed E-state index contributed by atoms with van der Waals surface area (Å²) in [5.74, 6) is 0.202. The van der Waals surface area contributed by atoms with Gasteiger partial charge in [0.1, 0.15) is 0 Å². The summed E-state index contributed by atoms with van der Waals surface area (Å²) in [6, 6.07) is 17.3. The van der Waals surface area contributed by atoms with Crippen molar-refractivity contribution in [2.75, 3.05) is 10.0 Å². The molecule has 3 aromatic rings. The minimum absolute atomic E-state index is 0.223. The van der Waals surface area contributed by atoms with Crippen LogP contribution in [0.15, 0.2) is 78.1 Å². The van der Waals surface area contributed by atoms with Crippen molar-refractivity contribution in [2.45, 2.75) is 4.90 Å². The van der Waals surface area contributed by atoms with Gasteiger partial charge in [0.15, 0.2) is 5.82 Å². The molecule has 0 saturated carbocycles. The number of benzene rings is 2. The summed E-state index contributed by atoms with van der Waals surface area (Å²) in [5.41, 5.74) is 1.40. The fourth-order valence-electron chi connectivity index (χ4n) is 1.88. The molecule has 0 spiro atoms. The lowest BCUT2D eigenvalue weighted by Crippen LogP contribution is -2.13. The Morgan fingerprint density at radius 1 is 1.00 bits per heavy atom. The number of hydrogen-bond acceptors (Lipinski definition) is 5. The molecule has 0 fully saturated rings. The summed E-state index contributed by atoms with van der Waals surface area (Å²) in [5, 5.41) is 2.71. The van der Waals surface area contributed by atoms with Crippen LogP contribution in [-0.4, -0.2) is 15.9 Å². The van der Waals surface area contributed by atoms with E-state index < -0.39 is 0 Å². The van der Waals surface area contributed by atoms with Gasteiger partial charge in [-0.3, -0.25) is 9.78 Å². The standard InChI is InChI=1S/C17H14N4OS/c22-17(20-16-12-18-9-10-19-16)13-5-4-6-14(11-13)21-23-15-7-2-1-3-8-15/h1-12,21H,(H,19,20,22). The molecule has 1 heterocycles. The van der Waals surface area contributed by atoms with Crippen molar-refractivity contribution < 1.29 is 4.79 Å². The molecule has 1 aromatic heterocycles. The first-order valence-electron chi connectivity index (χ1n) is 6.96. The molecule has 0 aliphatic carbocycles. The SMILES string of the molecule is O=C(Nc1cnccn1)c1cccc(NSc2ccccc2)c1. The number of nitrogens with one attached hydrogen (secondary N) is 2. The Morgan fingerprint density at radius 2 is 1.87 bits per heavy atom. The maximum atomic E-state index is 12.2. The Labute approximate surface area is 138 Å². The van der Waals surface area contributed by atoms with Gasteiger partial charge in [-0.15, -0.1) is 0 Å². The van der Waals surface area contributed by atoms with Gasteiger partial charge < -0.3 is 10.0 Å². The molecule has 6 heteroatoms.